The summed E-state index contributed by atoms with van der Waals surface area (Å²) >= 11 is 0. The third-order valence-electron chi connectivity index (χ3n) is 0.341. The molecule has 15 heavy (non-hydrogen) atoms. The van der Waals surface area contributed by atoms with Crippen molar-refractivity contribution in [3.63, 3.8) is 0 Å². The van der Waals surface area contributed by atoms with Crippen molar-refractivity contribution < 1.29 is 43.6 Å². The van der Waals surface area contributed by atoms with E-state index in [9.17, 15) is 0 Å². The first-order valence-corrected chi connectivity index (χ1v) is 6.40. The number of hydrogen-bond donors (Lipinski definition) is 7. The molecule has 0 aliphatic carbocycles. The van der Waals surface area contributed by atoms with Crippen LogP contribution in [0.15, 0.2) is 12.3 Å². The minimum absolute atomic E-state index is 0.913. The highest BCUT2D eigenvalue weighted by Gasteiger charge is 2.00. The lowest BCUT2D eigenvalue weighted by Gasteiger charge is -1.82. The van der Waals surface area contributed by atoms with Crippen LogP contribution >= 0.6 is 15.6 Å². The van der Waals surface area contributed by atoms with Gasteiger partial charge in [-0.2, -0.15) is 0 Å². The normalized spacial score (nSPS) is 11.1. The first-order chi connectivity index (χ1) is 6.41. The van der Waals surface area contributed by atoms with Crippen LogP contribution in [0.2, 0.25) is 0 Å². The van der Waals surface area contributed by atoms with E-state index in [1.165, 1.54) is 0 Å². The van der Waals surface area contributed by atoms with Gasteiger partial charge in [0.2, 0.25) is 0 Å². The van der Waals surface area contributed by atoms with Crippen LogP contribution in [0, 0.1) is 0 Å². The van der Waals surface area contributed by atoms with E-state index < -0.39 is 15.6 Å². The fourth-order valence-corrected chi connectivity index (χ4v) is 0.105. The van der Waals surface area contributed by atoms with Gasteiger partial charge in [-0.15, -0.1) is 0 Å². The van der Waals surface area contributed by atoms with Crippen molar-refractivity contribution >= 4 is 15.6 Å². The Morgan fingerprint density at radius 1 is 0.933 bits per heavy atom. The minimum atomic E-state index is -4.64. The van der Waals surface area contributed by atoms with E-state index in [0.717, 1.165) is 12.7 Å². The molecule has 0 unspecified atom stereocenters. The Balaban J connectivity index is -0.000000144. The summed E-state index contributed by atoms with van der Waals surface area (Å²) in [4.78, 5) is 43.1. The summed E-state index contributed by atoms with van der Waals surface area (Å²) < 4.78 is 17.8. The van der Waals surface area contributed by atoms with Crippen LogP contribution in [0.4, 0.5) is 0 Å². The van der Waals surface area contributed by atoms with Gasteiger partial charge in [-0.05, 0) is 6.42 Å². The van der Waals surface area contributed by atoms with Gasteiger partial charge in [0.25, 0.3) is 0 Å². The zero-order valence-electron chi connectivity index (χ0n) is 7.70. The molecule has 0 amide bonds. The Labute approximate surface area is 85.8 Å². The van der Waals surface area contributed by atoms with Crippen LogP contribution in [0.25, 0.3) is 0 Å². The third kappa shape index (κ3) is 614. The van der Waals surface area contributed by atoms with Crippen LogP contribution in [0.3, 0.4) is 0 Å². The van der Waals surface area contributed by atoms with Crippen LogP contribution in [-0.4, -0.2) is 34.5 Å². The number of hydrogen-bond acceptors (Lipinski definition) is 3. The van der Waals surface area contributed by atoms with E-state index in [4.69, 9.17) is 43.6 Å². The molecule has 0 aliphatic heterocycles. The standard InChI is InChI=1S/C4H8O.2H3O4P/c1-2-3-4-5;2*1-5(2,3)4/h3-5H,2H2,1H3;2*(H3,1,2,3,4). The van der Waals surface area contributed by atoms with Crippen LogP contribution in [0.1, 0.15) is 13.3 Å². The molecule has 11 heteroatoms. The molecule has 94 valence electrons. The lowest BCUT2D eigenvalue weighted by Crippen LogP contribution is -1.66. The van der Waals surface area contributed by atoms with Crippen molar-refractivity contribution in [2.24, 2.45) is 0 Å². The summed E-state index contributed by atoms with van der Waals surface area (Å²) in [5.74, 6) is 0. The zero-order chi connectivity index (χ0) is 13.1. The van der Waals surface area contributed by atoms with E-state index in [0.29, 0.717) is 0 Å². The molecule has 0 radical (unpaired) electrons. The van der Waals surface area contributed by atoms with Gasteiger partial charge in [0.1, 0.15) is 0 Å². The van der Waals surface area contributed by atoms with E-state index in [-0.39, 0.29) is 0 Å². The zero-order valence-corrected chi connectivity index (χ0v) is 9.49. The summed E-state index contributed by atoms with van der Waals surface area (Å²) in [6, 6.07) is 0. The second-order valence-electron chi connectivity index (χ2n) is 1.82. The Morgan fingerprint density at radius 2 is 1.13 bits per heavy atom. The van der Waals surface area contributed by atoms with Gasteiger partial charge in [-0.1, -0.05) is 13.0 Å². The van der Waals surface area contributed by atoms with E-state index >= 15 is 0 Å². The second-order valence-corrected chi connectivity index (χ2v) is 3.87. The number of allylic oxidation sites excluding steroid dienone is 1. The quantitative estimate of drug-likeness (QED) is 0.246. The molecule has 0 aromatic carbocycles. The Hall–Kier alpha value is -0.240. The summed E-state index contributed by atoms with van der Waals surface area (Å²) in [5, 5.41) is 7.89. The highest BCUT2D eigenvalue weighted by Crippen LogP contribution is 2.26. The number of aliphatic hydroxyl groups excluding tert-OH is 1. The Morgan fingerprint density at radius 3 is 1.13 bits per heavy atom. The molecular weight excluding hydrogens is 254 g/mol. The second kappa shape index (κ2) is 10.3. The van der Waals surface area contributed by atoms with Crippen molar-refractivity contribution in [3.05, 3.63) is 12.3 Å². The summed E-state index contributed by atoms with van der Waals surface area (Å²) in [6.45, 7) is 1.96. The molecule has 0 spiro atoms. The molecular formula is C4H14O9P2. The first-order valence-electron chi connectivity index (χ1n) is 3.27. The topological polar surface area (TPSA) is 176 Å². The van der Waals surface area contributed by atoms with E-state index in [2.05, 4.69) is 0 Å². The highest BCUT2D eigenvalue weighted by atomic mass is 31.2. The van der Waals surface area contributed by atoms with Crippen molar-refractivity contribution in [2.75, 3.05) is 0 Å². The van der Waals surface area contributed by atoms with Crippen molar-refractivity contribution in [1.82, 2.24) is 0 Å². The van der Waals surface area contributed by atoms with Crippen LogP contribution in [-0.2, 0) is 9.13 Å². The maximum atomic E-state index is 8.88. The molecule has 0 bridgehead atoms. The third-order valence-corrected chi connectivity index (χ3v) is 0.341. The van der Waals surface area contributed by atoms with E-state index in [1.54, 1.807) is 6.08 Å². The molecule has 0 atom stereocenters. The summed E-state index contributed by atoms with van der Waals surface area (Å²) in [5.41, 5.74) is 0. The predicted octanol–water partition coefficient (Wildman–Crippen LogP) is -0.389. The molecule has 0 rings (SSSR count). The molecule has 0 aliphatic rings. The van der Waals surface area contributed by atoms with Crippen molar-refractivity contribution in [2.45, 2.75) is 13.3 Å². The van der Waals surface area contributed by atoms with Crippen molar-refractivity contribution in [3.8, 4) is 0 Å². The van der Waals surface area contributed by atoms with Gasteiger partial charge in [0.05, 0.1) is 6.26 Å². The number of phosphoric acid groups is 2. The molecule has 0 saturated carbocycles. The first kappa shape index (κ1) is 20.2. The Kier molecular flexibility index (Phi) is 13.9. The molecule has 0 saturated heterocycles. The lowest BCUT2D eigenvalue weighted by molar-refractivity contribution is 0.272. The summed E-state index contributed by atoms with van der Waals surface area (Å²) in [6.07, 6.45) is 3.65. The molecule has 9 nitrogen and oxygen atoms in total. The molecule has 7 N–H and O–H groups in total. The maximum absolute atomic E-state index is 8.88. The smallest absolute Gasteiger partial charge is 0.466 e. The monoisotopic (exact) mass is 268 g/mol. The van der Waals surface area contributed by atoms with E-state index in [1.807, 2.05) is 6.92 Å². The molecule has 0 heterocycles. The fourth-order valence-electron chi connectivity index (χ4n) is 0.105. The summed E-state index contributed by atoms with van der Waals surface area (Å²) in [7, 11) is -9.28. The predicted molar refractivity (Wildman–Crippen MR) is 50.6 cm³/mol. The van der Waals surface area contributed by atoms with Crippen LogP contribution < -0.4 is 0 Å². The van der Waals surface area contributed by atoms with Crippen LogP contribution in [0.5, 0.6) is 0 Å². The molecule has 0 aromatic rings. The SMILES string of the molecule is CCC=CO.O=P(O)(O)O.O=P(O)(O)O. The minimum Gasteiger partial charge on any atom is -0.516 e. The van der Waals surface area contributed by atoms with Gasteiger partial charge in [-0.3, -0.25) is 0 Å². The van der Waals surface area contributed by atoms with Gasteiger partial charge >= 0.3 is 15.6 Å². The maximum Gasteiger partial charge on any atom is 0.466 e. The fraction of sp³-hybridized carbons (Fsp3) is 0.500. The Bertz CT molecular complexity index is 200. The van der Waals surface area contributed by atoms with Gasteiger partial charge in [-0.25, -0.2) is 9.13 Å². The van der Waals surface area contributed by atoms with Gasteiger partial charge in [0, 0.05) is 0 Å². The van der Waals surface area contributed by atoms with Crippen molar-refractivity contribution in [1.29, 1.82) is 0 Å². The molecule has 0 aromatic heterocycles. The average Bonchev–Trinajstić information content (AvgIpc) is 1.80. The van der Waals surface area contributed by atoms with Gasteiger partial charge < -0.3 is 34.5 Å². The molecule has 0 fully saturated rings. The number of rotatable bonds is 1. The number of aliphatic hydroxyl groups is 1. The van der Waals surface area contributed by atoms with Gasteiger partial charge in [0.15, 0.2) is 0 Å². The highest BCUT2D eigenvalue weighted by molar-refractivity contribution is 7.45. The largest absolute Gasteiger partial charge is 0.516 e. The average molecular weight is 268 g/mol. The lowest BCUT2D eigenvalue weighted by atomic mass is 10.5.